The molecule has 0 fully saturated rings. The fraction of sp³-hybridized carbons (Fsp3) is 0.364. The number of hydrogen-bond acceptors (Lipinski definition) is 3. The number of carbonyl (C=O) groups is 2. The molecular weight excluding hydrogens is 362 g/mol. The number of benzene rings is 2. The Kier molecular flexibility index (Phi) is 7.86. The summed E-state index contributed by atoms with van der Waals surface area (Å²) in [6, 6.07) is 15.0. The van der Waals surface area contributed by atoms with Gasteiger partial charge >= 0.3 is 5.97 Å². The number of carbonyl (C=O) groups excluding carboxylic acids is 2. The molecule has 2 aromatic rings. The van der Waals surface area contributed by atoms with E-state index in [1.54, 1.807) is 24.3 Å². The van der Waals surface area contributed by atoms with Gasteiger partial charge < -0.3 is 10.1 Å². The van der Waals surface area contributed by atoms with Gasteiger partial charge in [0.25, 0.3) is 5.91 Å². The second-order valence-corrected chi connectivity index (χ2v) is 7.53. The van der Waals surface area contributed by atoms with Gasteiger partial charge in [0.1, 0.15) is 0 Å². The van der Waals surface area contributed by atoms with E-state index in [1.807, 2.05) is 19.1 Å². The maximum absolute atomic E-state index is 12.0. The van der Waals surface area contributed by atoms with Gasteiger partial charge in [0, 0.05) is 5.02 Å². The predicted octanol–water partition coefficient (Wildman–Crippen LogP) is 4.50. The topological polar surface area (TPSA) is 55.4 Å². The number of hydrogen-bond donors (Lipinski definition) is 1. The Hall–Kier alpha value is -2.33. The van der Waals surface area contributed by atoms with Crippen molar-refractivity contribution in [3.05, 3.63) is 70.2 Å². The minimum Gasteiger partial charge on any atom is -0.455 e. The van der Waals surface area contributed by atoms with Crippen LogP contribution in [-0.4, -0.2) is 18.5 Å². The Bertz CT molecular complexity index is 754. The highest BCUT2D eigenvalue weighted by Crippen LogP contribution is 2.15. The quantitative estimate of drug-likeness (QED) is 0.678. The lowest BCUT2D eigenvalue weighted by Crippen LogP contribution is -2.31. The van der Waals surface area contributed by atoms with E-state index in [0.717, 1.165) is 17.5 Å². The largest absolute Gasteiger partial charge is 0.455 e. The summed E-state index contributed by atoms with van der Waals surface area (Å²) in [5.74, 6) is -0.160. The summed E-state index contributed by atoms with van der Waals surface area (Å²) in [4.78, 5) is 23.9. The van der Waals surface area contributed by atoms with Gasteiger partial charge in [-0.15, -0.1) is 0 Å². The molecule has 0 aliphatic heterocycles. The monoisotopic (exact) mass is 387 g/mol. The van der Waals surface area contributed by atoms with Crippen molar-refractivity contribution in [2.45, 2.75) is 39.7 Å². The molecule has 0 aliphatic carbocycles. The second kappa shape index (κ2) is 10.1. The SMILES string of the molecule is CC(C)Cc1ccc([C@@H](C)NC(=O)COC(=O)Cc2ccc(Cl)cc2)cc1. The normalized spacial score (nSPS) is 11.9. The van der Waals surface area contributed by atoms with Crippen LogP contribution in [-0.2, 0) is 27.2 Å². The van der Waals surface area contributed by atoms with Gasteiger partial charge in [0.15, 0.2) is 6.61 Å². The molecule has 4 nitrogen and oxygen atoms in total. The lowest BCUT2D eigenvalue weighted by Gasteiger charge is -2.15. The highest BCUT2D eigenvalue weighted by molar-refractivity contribution is 6.30. The van der Waals surface area contributed by atoms with Crippen LogP contribution in [0, 0.1) is 5.92 Å². The minimum atomic E-state index is -0.446. The number of esters is 1. The molecule has 0 aliphatic rings. The van der Waals surface area contributed by atoms with Crippen LogP contribution in [0.2, 0.25) is 5.02 Å². The average Bonchev–Trinajstić information content (AvgIpc) is 2.62. The zero-order chi connectivity index (χ0) is 19.8. The molecular formula is C22H26ClNO3. The first-order valence-corrected chi connectivity index (χ1v) is 9.49. The molecule has 0 saturated heterocycles. The standard InChI is InChI=1S/C22H26ClNO3/c1-15(2)12-17-4-8-19(9-5-17)16(3)24-21(25)14-27-22(26)13-18-6-10-20(23)11-7-18/h4-11,15-16H,12-14H2,1-3H3,(H,24,25)/t16-/m1/s1. The molecule has 0 radical (unpaired) electrons. The fourth-order valence-electron chi connectivity index (χ4n) is 2.75. The van der Waals surface area contributed by atoms with Crippen LogP contribution in [0.5, 0.6) is 0 Å². The van der Waals surface area contributed by atoms with Crippen molar-refractivity contribution in [2.24, 2.45) is 5.92 Å². The van der Waals surface area contributed by atoms with E-state index in [2.05, 4.69) is 31.3 Å². The molecule has 2 aromatic carbocycles. The summed E-state index contributed by atoms with van der Waals surface area (Å²) in [7, 11) is 0. The first-order valence-electron chi connectivity index (χ1n) is 9.11. The van der Waals surface area contributed by atoms with Crippen molar-refractivity contribution in [1.82, 2.24) is 5.32 Å². The highest BCUT2D eigenvalue weighted by atomic mass is 35.5. The zero-order valence-corrected chi connectivity index (χ0v) is 16.8. The van der Waals surface area contributed by atoms with Crippen LogP contribution in [0.3, 0.4) is 0 Å². The summed E-state index contributed by atoms with van der Waals surface area (Å²) in [6.07, 6.45) is 1.14. The first kappa shape index (κ1) is 21.0. The maximum Gasteiger partial charge on any atom is 0.310 e. The molecule has 1 N–H and O–H groups in total. The van der Waals surface area contributed by atoms with Crippen LogP contribution in [0.25, 0.3) is 0 Å². The third-order valence-corrected chi connectivity index (χ3v) is 4.38. The van der Waals surface area contributed by atoms with E-state index in [-0.39, 0.29) is 25.0 Å². The summed E-state index contributed by atoms with van der Waals surface area (Å²) in [5, 5.41) is 3.46. The summed E-state index contributed by atoms with van der Waals surface area (Å²) >= 11 is 5.81. The van der Waals surface area contributed by atoms with Crippen LogP contribution in [0.1, 0.15) is 43.5 Å². The van der Waals surface area contributed by atoms with Gasteiger partial charge in [0.2, 0.25) is 0 Å². The Balaban J connectivity index is 1.77. The Morgan fingerprint density at radius 2 is 1.56 bits per heavy atom. The van der Waals surface area contributed by atoms with Crippen molar-refractivity contribution in [3.63, 3.8) is 0 Å². The molecule has 27 heavy (non-hydrogen) atoms. The third kappa shape index (κ3) is 7.43. The lowest BCUT2D eigenvalue weighted by atomic mass is 10.00. The number of ether oxygens (including phenoxy) is 1. The van der Waals surface area contributed by atoms with Gasteiger partial charge in [-0.3, -0.25) is 9.59 Å². The maximum atomic E-state index is 12.0. The summed E-state index contributed by atoms with van der Waals surface area (Å²) in [5.41, 5.74) is 3.09. The molecule has 0 heterocycles. The van der Waals surface area contributed by atoms with Crippen molar-refractivity contribution < 1.29 is 14.3 Å². The van der Waals surface area contributed by atoms with Crippen molar-refractivity contribution in [2.75, 3.05) is 6.61 Å². The van der Waals surface area contributed by atoms with Gasteiger partial charge in [0.05, 0.1) is 12.5 Å². The fourth-order valence-corrected chi connectivity index (χ4v) is 2.87. The first-order chi connectivity index (χ1) is 12.8. The molecule has 0 bridgehead atoms. The number of amides is 1. The second-order valence-electron chi connectivity index (χ2n) is 7.09. The molecule has 0 unspecified atom stereocenters. The van der Waals surface area contributed by atoms with Crippen LogP contribution >= 0.6 is 11.6 Å². The number of rotatable bonds is 8. The Morgan fingerprint density at radius 1 is 0.963 bits per heavy atom. The molecule has 1 amide bonds. The predicted molar refractivity (Wildman–Crippen MR) is 108 cm³/mol. The highest BCUT2D eigenvalue weighted by Gasteiger charge is 2.12. The summed E-state index contributed by atoms with van der Waals surface area (Å²) in [6.45, 7) is 5.99. The van der Waals surface area contributed by atoms with E-state index in [0.29, 0.717) is 10.9 Å². The van der Waals surface area contributed by atoms with Gasteiger partial charge in [-0.1, -0.05) is 61.8 Å². The molecule has 0 spiro atoms. The van der Waals surface area contributed by atoms with E-state index in [4.69, 9.17) is 16.3 Å². The molecule has 0 saturated carbocycles. The average molecular weight is 388 g/mol. The lowest BCUT2D eigenvalue weighted by molar-refractivity contribution is -0.148. The minimum absolute atomic E-state index is 0.108. The summed E-state index contributed by atoms with van der Waals surface area (Å²) < 4.78 is 5.05. The zero-order valence-electron chi connectivity index (χ0n) is 16.0. The van der Waals surface area contributed by atoms with Crippen molar-refractivity contribution in [3.8, 4) is 0 Å². The number of halogens is 1. The van der Waals surface area contributed by atoms with Gasteiger partial charge in [-0.05, 0) is 48.1 Å². The van der Waals surface area contributed by atoms with Crippen LogP contribution < -0.4 is 5.32 Å². The van der Waals surface area contributed by atoms with E-state index in [1.165, 1.54) is 5.56 Å². The van der Waals surface area contributed by atoms with E-state index in [9.17, 15) is 9.59 Å². The van der Waals surface area contributed by atoms with Crippen LogP contribution in [0.15, 0.2) is 48.5 Å². The van der Waals surface area contributed by atoms with Gasteiger partial charge in [-0.2, -0.15) is 0 Å². The third-order valence-electron chi connectivity index (χ3n) is 4.13. The van der Waals surface area contributed by atoms with E-state index >= 15 is 0 Å². The van der Waals surface area contributed by atoms with Gasteiger partial charge in [-0.25, -0.2) is 0 Å². The molecule has 5 heteroatoms. The molecule has 144 valence electrons. The number of nitrogens with one attached hydrogen (secondary N) is 1. The van der Waals surface area contributed by atoms with Crippen LogP contribution in [0.4, 0.5) is 0 Å². The Morgan fingerprint density at radius 3 is 2.15 bits per heavy atom. The van der Waals surface area contributed by atoms with E-state index < -0.39 is 5.97 Å². The molecule has 1 atom stereocenters. The molecule has 2 rings (SSSR count). The Labute approximate surface area is 165 Å². The van der Waals surface area contributed by atoms with Crippen molar-refractivity contribution >= 4 is 23.5 Å². The van der Waals surface area contributed by atoms with Crippen molar-refractivity contribution in [1.29, 1.82) is 0 Å². The molecule has 0 aromatic heterocycles. The smallest absolute Gasteiger partial charge is 0.310 e.